The number of benzene rings is 1. The summed E-state index contributed by atoms with van der Waals surface area (Å²) in [6.07, 6.45) is 2.35. The van der Waals surface area contributed by atoms with E-state index in [4.69, 9.17) is 4.42 Å². The SMILES string of the molecule is O=[N+]([O-])c1cnn(Cc2nnc(-c3ccc(OC(F)F)cc3)o2)c1. The molecule has 0 atom stereocenters. The summed E-state index contributed by atoms with van der Waals surface area (Å²) >= 11 is 0. The molecule has 0 bridgehead atoms. The van der Waals surface area contributed by atoms with Gasteiger partial charge in [0.2, 0.25) is 11.8 Å². The summed E-state index contributed by atoms with van der Waals surface area (Å²) in [4.78, 5) is 10.0. The maximum atomic E-state index is 12.1. The van der Waals surface area contributed by atoms with Crippen LogP contribution in [0.4, 0.5) is 14.5 Å². The Hall–Kier alpha value is -3.37. The highest BCUT2D eigenvalue weighted by Crippen LogP contribution is 2.22. The first-order valence-corrected chi connectivity index (χ1v) is 6.56. The molecule has 0 radical (unpaired) electrons. The maximum Gasteiger partial charge on any atom is 0.387 e. The van der Waals surface area contributed by atoms with Gasteiger partial charge in [-0.3, -0.25) is 14.8 Å². The lowest BCUT2D eigenvalue weighted by molar-refractivity contribution is -0.385. The standard InChI is InChI=1S/C13H9F2N5O4/c14-13(15)23-10-3-1-8(2-4-10)12-18-17-11(24-12)7-19-6-9(5-16-19)20(21)22/h1-6,13H,7H2. The average molecular weight is 337 g/mol. The Labute approximate surface area is 132 Å². The second kappa shape index (κ2) is 6.40. The molecule has 0 amide bonds. The molecule has 11 heteroatoms. The minimum atomic E-state index is -2.90. The van der Waals surface area contributed by atoms with Crippen LogP contribution in [0.5, 0.6) is 5.75 Å². The molecule has 3 aromatic rings. The van der Waals surface area contributed by atoms with Crippen LogP contribution >= 0.6 is 0 Å². The predicted octanol–water partition coefficient (Wildman–Crippen LogP) is 2.49. The van der Waals surface area contributed by atoms with Gasteiger partial charge in [-0.2, -0.15) is 13.9 Å². The summed E-state index contributed by atoms with van der Waals surface area (Å²) in [5, 5.41) is 22.1. The third kappa shape index (κ3) is 3.51. The van der Waals surface area contributed by atoms with Gasteiger partial charge in [-0.05, 0) is 24.3 Å². The lowest BCUT2D eigenvalue weighted by Gasteiger charge is -2.03. The van der Waals surface area contributed by atoms with E-state index in [-0.39, 0.29) is 29.8 Å². The quantitative estimate of drug-likeness (QED) is 0.502. The lowest BCUT2D eigenvalue weighted by Crippen LogP contribution is -2.01. The molecular formula is C13H9F2N5O4. The van der Waals surface area contributed by atoms with E-state index in [2.05, 4.69) is 20.0 Å². The Morgan fingerprint density at radius 2 is 2.04 bits per heavy atom. The van der Waals surface area contributed by atoms with Crippen molar-refractivity contribution in [3.05, 3.63) is 52.7 Å². The number of rotatable bonds is 6. The molecule has 3 rings (SSSR count). The number of nitrogens with zero attached hydrogens (tertiary/aromatic N) is 5. The van der Waals surface area contributed by atoms with Crippen LogP contribution in [0.3, 0.4) is 0 Å². The number of nitro groups is 1. The van der Waals surface area contributed by atoms with Gasteiger partial charge in [-0.1, -0.05) is 0 Å². The van der Waals surface area contributed by atoms with E-state index >= 15 is 0 Å². The van der Waals surface area contributed by atoms with Crippen molar-refractivity contribution in [1.29, 1.82) is 0 Å². The smallest absolute Gasteiger partial charge is 0.387 e. The highest BCUT2D eigenvalue weighted by Gasteiger charge is 2.13. The Morgan fingerprint density at radius 3 is 2.67 bits per heavy atom. The monoisotopic (exact) mass is 337 g/mol. The summed E-state index contributed by atoms with van der Waals surface area (Å²) in [6, 6.07) is 5.69. The first kappa shape index (κ1) is 15.5. The van der Waals surface area contributed by atoms with Crippen molar-refractivity contribution in [3.63, 3.8) is 0 Å². The Morgan fingerprint density at radius 1 is 1.29 bits per heavy atom. The topological polar surface area (TPSA) is 109 Å². The average Bonchev–Trinajstić information content (AvgIpc) is 3.17. The molecule has 124 valence electrons. The molecule has 9 nitrogen and oxygen atoms in total. The number of alkyl halides is 2. The molecule has 1 aromatic carbocycles. The zero-order valence-corrected chi connectivity index (χ0v) is 11.9. The summed E-state index contributed by atoms with van der Waals surface area (Å²) in [7, 11) is 0. The summed E-state index contributed by atoms with van der Waals surface area (Å²) in [5.41, 5.74) is 0.367. The molecule has 24 heavy (non-hydrogen) atoms. The van der Waals surface area contributed by atoms with Crippen molar-refractivity contribution in [1.82, 2.24) is 20.0 Å². The van der Waals surface area contributed by atoms with Gasteiger partial charge in [0.1, 0.15) is 24.7 Å². The van der Waals surface area contributed by atoms with Crippen LogP contribution < -0.4 is 4.74 Å². The zero-order valence-electron chi connectivity index (χ0n) is 11.9. The van der Waals surface area contributed by atoms with E-state index in [0.29, 0.717) is 5.56 Å². The van der Waals surface area contributed by atoms with E-state index < -0.39 is 11.5 Å². The zero-order chi connectivity index (χ0) is 17.1. The van der Waals surface area contributed by atoms with Gasteiger partial charge in [-0.25, -0.2) is 0 Å². The molecule has 0 fully saturated rings. The second-order valence-electron chi connectivity index (χ2n) is 4.56. The van der Waals surface area contributed by atoms with Crippen LogP contribution in [0.15, 0.2) is 41.1 Å². The van der Waals surface area contributed by atoms with E-state index in [0.717, 1.165) is 6.20 Å². The number of halogens is 2. The van der Waals surface area contributed by atoms with Crippen LogP contribution in [-0.2, 0) is 6.54 Å². The van der Waals surface area contributed by atoms with Gasteiger partial charge < -0.3 is 9.15 Å². The number of hydrogen-bond donors (Lipinski definition) is 0. The molecule has 0 unspecified atom stereocenters. The number of aromatic nitrogens is 4. The first-order valence-electron chi connectivity index (χ1n) is 6.56. The summed E-state index contributed by atoms with van der Waals surface area (Å²) < 4.78 is 35.1. The number of ether oxygens (including phenoxy) is 1. The molecule has 0 saturated carbocycles. The van der Waals surface area contributed by atoms with Gasteiger partial charge in [0.25, 0.3) is 0 Å². The molecule has 0 saturated heterocycles. The van der Waals surface area contributed by atoms with E-state index in [1.165, 1.54) is 35.1 Å². The van der Waals surface area contributed by atoms with Crippen molar-refractivity contribution in [3.8, 4) is 17.2 Å². The minimum absolute atomic E-state index is 0.0114. The largest absolute Gasteiger partial charge is 0.435 e. The van der Waals surface area contributed by atoms with E-state index in [9.17, 15) is 18.9 Å². The highest BCUT2D eigenvalue weighted by molar-refractivity contribution is 5.53. The minimum Gasteiger partial charge on any atom is -0.435 e. The third-order valence-corrected chi connectivity index (χ3v) is 2.92. The Bertz CT molecular complexity index is 846. The lowest BCUT2D eigenvalue weighted by atomic mass is 10.2. The van der Waals surface area contributed by atoms with Crippen LogP contribution in [0.1, 0.15) is 5.89 Å². The van der Waals surface area contributed by atoms with Crippen molar-refractivity contribution >= 4 is 5.69 Å². The van der Waals surface area contributed by atoms with Crippen molar-refractivity contribution in [2.24, 2.45) is 0 Å². The van der Waals surface area contributed by atoms with E-state index in [1.807, 2.05) is 0 Å². The van der Waals surface area contributed by atoms with Crippen molar-refractivity contribution in [2.75, 3.05) is 0 Å². The van der Waals surface area contributed by atoms with Gasteiger partial charge >= 0.3 is 12.3 Å². The first-order chi connectivity index (χ1) is 11.5. The summed E-state index contributed by atoms with van der Waals surface area (Å²) in [6.45, 7) is -2.84. The van der Waals surface area contributed by atoms with Gasteiger partial charge in [0.15, 0.2) is 0 Å². The summed E-state index contributed by atoms with van der Waals surface area (Å²) in [5.74, 6) is 0.378. The fourth-order valence-corrected chi connectivity index (χ4v) is 1.89. The van der Waals surface area contributed by atoms with Crippen molar-refractivity contribution < 1.29 is 22.9 Å². The molecule has 0 N–H and O–H groups in total. The van der Waals surface area contributed by atoms with Gasteiger partial charge in [-0.15, -0.1) is 10.2 Å². The second-order valence-corrected chi connectivity index (χ2v) is 4.56. The van der Waals surface area contributed by atoms with Crippen LogP contribution in [0, 0.1) is 10.1 Å². The van der Waals surface area contributed by atoms with Crippen molar-refractivity contribution in [2.45, 2.75) is 13.2 Å². The highest BCUT2D eigenvalue weighted by atomic mass is 19.3. The molecule has 0 aliphatic rings. The number of hydrogen-bond acceptors (Lipinski definition) is 7. The molecule has 2 heterocycles. The Kier molecular flexibility index (Phi) is 4.14. The Balaban J connectivity index is 1.71. The molecular weight excluding hydrogens is 328 g/mol. The molecule has 0 spiro atoms. The van der Waals surface area contributed by atoms with Crippen LogP contribution in [-0.4, -0.2) is 31.5 Å². The predicted molar refractivity (Wildman–Crippen MR) is 74.3 cm³/mol. The molecule has 0 aliphatic heterocycles. The fraction of sp³-hybridized carbons (Fsp3) is 0.154. The normalized spacial score (nSPS) is 11.0. The third-order valence-electron chi connectivity index (χ3n) is 2.92. The molecule has 2 aromatic heterocycles. The van der Waals surface area contributed by atoms with Crippen LogP contribution in [0.25, 0.3) is 11.5 Å². The van der Waals surface area contributed by atoms with E-state index in [1.54, 1.807) is 0 Å². The fourth-order valence-electron chi connectivity index (χ4n) is 1.89. The molecule has 0 aliphatic carbocycles. The van der Waals surface area contributed by atoms with Gasteiger partial charge in [0.05, 0.1) is 4.92 Å². The van der Waals surface area contributed by atoms with Crippen LogP contribution in [0.2, 0.25) is 0 Å². The maximum absolute atomic E-state index is 12.1. The van der Waals surface area contributed by atoms with Gasteiger partial charge in [0, 0.05) is 5.56 Å².